The Kier molecular flexibility index (Phi) is 3.54. The fraction of sp³-hybridized carbons (Fsp3) is 0.333. The third kappa shape index (κ3) is 4.50. The van der Waals surface area contributed by atoms with Crippen molar-refractivity contribution < 1.29 is 20.1 Å². The fourth-order valence-electron chi connectivity index (χ4n) is 0.225. The molecule has 7 N–H and O–H groups in total. The maximum atomic E-state index is 9.84. The van der Waals surface area contributed by atoms with Gasteiger partial charge in [-0.3, -0.25) is 11.6 Å². The Bertz CT molecular complexity index is 174. The summed E-state index contributed by atoms with van der Waals surface area (Å²) in [5, 5.41) is 15.6. The van der Waals surface area contributed by atoms with Gasteiger partial charge in [0.2, 0.25) is 0 Å². The summed E-state index contributed by atoms with van der Waals surface area (Å²) in [4.78, 5) is 9.84. The molecule has 0 aliphatic rings. The number of rotatable bonds is 2. The molecule has 56 valence electrons. The summed E-state index contributed by atoms with van der Waals surface area (Å²) in [6, 6.07) is 0. The summed E-state index contributed by atoms with van der Waals surface area (Å²) in [6.45, 7) is -0.289. The van der Waals surface area contributed by atoms with Crippen LogP contribution in [0.4, 0.5) is 0 Å². The van der Waals surface area contributed by atoms with E-state index < -0.39 is 5.97 Å². The van der Waals surface area contributed by atoms with E-state index in [4.69, 9.17) is 16.7 Å². The fourth-order valence-corrected chi connectivity index (χ4v) is 0.225. The molecule has 0 atom stereocenters. The summed E-state index contributed by atoms with van der Waals surface area (Å²) >= 11 is 0. The Hall–Kier alpha value is -1.66. The summed E-state index contributed by atoms with van der Waals surface area (Å²) in [6.07, 6.45) is 0. The second-order valence-electron chi connectivity index (χ2n) is 1.37. The van der Waals surface area contributed by atoms with Crippen LogP contribution in [0.3, 0.4) is 0 Å². The number of carboxylic acid groups (broad SMARTS) is 1. The molecule has 0 fully saturated rings. The summed E-state index contributed by atoms with van der Waals surface area (Å²) in [5.74, 6) is 3.71. The van der Waals surface area contributed by atoms with Crippen LogP contribution >= 0.6 is 0 Å². The van der Waals surface area contributed by atoms with Crippen molar-refractivity contribution in [2.45, 2.75) is 0 Å². The molecule has 0 aliphatic carbocycles. The van der Waals surface area contributed by atoms with Crippen LogP contribution in [-0.4, -0.2) is 23.6 Å². The molecule has 0 bridgehead atoms. The first kappa shape index (κ1) is 8.34. The molecule has 0 saturated heterocycles. The number of nitrogens with one attached hydrogen (secondary N) is 2. The van der Waals surface area contributed by atoms with Crippen molar-refractivity contribution in [1.29, 1.82) is 0 Å². The molecule has 10 heavy (non-hydrogen) atoms. The zero-order valence-electron chi connectivity index (χ0n) is 5.16. The predicted octanol–water partition coefficient (Wildman–Crippen LogP) is -5.13. The van der Waals surface area contributed by atoms with Crippen LogP contribution in [0.25, 0.3) is 0 Å². The number of hydrogen-bond donors (Lipinski definition) is 5. The van der Waals surface area contributed by atoms with Crippen LogP contribution in [-0.2, 0) is 4.79 Å². The Labute approximate surface area is 56.4 Å². The highest BCUT2D eigenvalue weighted by Crippen LogP contribution is 1.45. The number of hydrogen-bond acceptors (Lipinski definition) is 2. The summed E-state index contributed by atoms with van der Waals surface area (Å²) in [7, 11) is 0. The van der Waals surface area contributed by atoms with Gasteiger partial charge >= 0.3 is 11.9 Å². The maximum absolute atomic E-state index is 9.84. The van der Waals surface area contributed by atoms with Crippen LogP contribution < -0.4 is 21.8 Å². The van der Waals surface area contributed by atoms with Gasteiger partial charge in [0, 0.05) is 0 Å². The first-order valence-electron chi connectivity index (χ1n) is 2.41. The largest absolute Gasteiger partial charge is 0.476 e. The molecule has 0 amide bonds. The lowest BCUT2D eigenvalue weighted by Crippen LogP contribution is -2.84. The van der Waals surface area contributed by atoms with Gasteiger partial charge in [-0.05, 0) is 0 Å². The molecule has 0 radical (unpaired) electrons. The lowest BCUT2D eigenvalue weighted by atomic mass is 10.7. The van der Waals surface area contributed by atoms with Crippen LogP contribution in [0.2, 0.25) is 0 Å². The number of carboxylic acids is 1. The summed E-state index contributed by atoms with van der Waals surface area (Å²) in [5.41, 5.74) is 5.02. The van der Waals surface area contributed by atoms with E-state index in [2.05, 4.69) is 10.2 Å². The van der Waals surface area contributed by atoms with Crippen LogP contribution in [0.15, 0.2) is 5.11 Å². The molecule has 0 aliphatic heterocycles. The van der Waals surface area contributed by atoms with E-state index in [1.807, 2.05) is 5.10 Å². The highest BCUT2D eigenvalue weighted by Gasteiger charge is 2.03. The average Bonchev–Trinajstić information content (AvgIpc) is 1.87. The second kappa shape index (κ2) is 4.24. The highest BCUT2D eigenvalue weighted by molar-refractivity contribution is 5.71. The number of azo groups is 1. The molecular formula is C3H9N5O2+2. The third-order valence-electron chi connectivity index (χ3n) is 0.578. The SMILES string of the molecule is N/[NH+]=C(/N)N=[NH+]CC(=O)O. The van der Waals surface area contributed by atoms with Gasteiger partial charge in [-0.2, -0.15) is 5.10 Å². The van der Waals surface area contributed by atoms with Crippen LogP contribution in [0.5, 0.6) is 0 Å². The van der Waals surface area contributed by atoms with Crippen LogP contribution in [0, 0.1) is 0 Å². The molecule has 7 nitrogen and oxygen atoms in total. The van der Waals surface area contributed by atoms with Crippen molar-refractivity contribution in [2.24, 2.45) is 16.7 Å². The number of aliphatic carboxylic acids is 1. The van der Waals surface area contributed by atoms with Crippen molar-refractivity contribution in [2.75, 3.05) is 6.54 Å². The number of hydrazone groups is 1. The lowest BCUT2D eigenvalue weighted by Gasteiger charge is -1.72. The Balaban J connectivity index is 3.67. The van der Waals surface area contributed by atoms with Crippen molar-refractivity contribution in [3.63, 3.8) is 0 Å². The second-order valence-corrected chi connectivity index (χ2v) is 1.37. The standard InChI is InChI=1S/C3H7N5O2/c4-3(7-5)8-6-1-2(9)10/h1,5H2,(H2,4,7)(H,9,10)/p+2. The minimum Gasteiger partial charge on any atom is -0.476 e. The van der Waals surface area contributed by atoms with Gasteiger partial charge in [-0.25, -0.2) is 4.79 Å². The van der Waals surface area contributed by atoms with Gasteiger partial charge in [-0.15, -0.1) is 0 Å². The van der Waals surface area contributed by atoms with Gasteiger partial charge in [0.05, 0.1) is 0 Å². The molecule has 0 heterocycles. The third-order valence-corrected chi connectivity index (χ3v) is 0.578. The maximum Gasteiger partial charge on any atom is 0.469 e. The first-order chi connectivity index (χ1) is 4.66. The number of nitrogens with zero attached hydrogens (tertiary/aromatic N) is 1. The van der Waals surface area contributed by atoms with Crippen LogP contribution in [0.1, 0.15) is 0 Å². The first-order valence-corrected chi connectivity index (χ1v) is 2.41. The van der Waals surface area contributed by atoms with E-state index in [-0.39, 0.29) is 12.5 Å². The monoisotopic (exact) mass is 147 g/mol. The minimum atomic E-state index is -1.02. The molecule has 0 aromatic heterocycles. The zero-order chi connectivity index (χ0) is 7.98. The van der Waals surface area contributed by atoms with Gasteiger partial charge in [0.1, 0.15) is 0 Å². The molecule has 7 heteroatoms. The van der Waals surface area contributed by atoms with Gasteiger partial charge < -0.3 is 5.11 Å². The van der Waals surface area contributed by atoms with E-state index in [1.54, 1.807) is 0 Å². The molecular weight excluding hydrogens is 138 g/mol. The predicted molar refractivity (Wildman–Crippen MR) is 30.2 cm³/mol. The summed E-state index contributed by atoms with van der Waals surface area (Å²) < 4.78 is 0. The smallest absolute Gasteiger partial charge is 0.469 e. The Morgan fingerprint density at radius 2 is 2.30 bits per heavy atom. The molecule has 0 saturated carbocycles. The number of guanidine groups is 1. The number of nitrogens with two attached hydrogens (primary N) is 2. The van der Waals surface area contributed by atoms with Crippen molar-refractivity contribution in [3.8, 4) is 0 Å². The quantitative estimate of drug-likeness (QED) is 0.0878. The van der Waals surface area contributed by atoms with Crippen molar-refractivity contribution in [3.05, 3.63) is 0 Å². The Morgan fingerprint density at radius 1 is 1.70 bits per heavy atom. The van der Waals surface area contributed by atoms with E-state index in [9.17, 15) is 4.79 Å². The molecule has 0 rings (SSSR count). The van der Waals surface area contributed by atoms with E-state index >= 15 is 0 Å². The zero-order valence-corrected chi connectivity index (χ0v) is 5.16. The van der Waals surface area contributed by atoms with Gasteiger partial charge in [0.15, 0.2) is 5.11 Å². The topological polar surface area (TPSA) is 130 Å². The van der Waals surface area contributed by atoms with Gasteiger partial charge in [-0.1, -0.05) is 5.11 Å². The van der Waals surface area contributed by atoms with E-state index in [0.29, 0.717) is 0 Å². The molecule has 0 aromatic carbocycles. The average molecular weight is 147 g/mol. The molecule has 0 unspecified atom stereocenters. The van der Waals surface area contributed by atoms with Gasteiger partial charge in [0.25, 0.3) is 6.54 Å². The minimum absolute atomic E-state index is 0.0683. The molecule has 0 spiro atoms. The Morgan fingerprint density at radius 3 is 2.70 bits per heavy atom. The lowest BCUT2D eigenvalue weighted by molar-refractivity contribution is -0.529. The number of carbonyl (C=O) groups is 1. The highest BCUT2D eigenvalue weighted by atomic mass is 16.4. The molecule has 0 aromatic rings. The van der Waals surface area contributed by atoms with E-state index in [0.717, 1.165) is 0 Å². The van der Waals surface area contributed by atoms with E-state index in [1.165, 1.54) is 0 Å². The normalized spacial score (nSPS) is 12.2. The van der Waals surface area contributed by atoms with Crippen molar-refractivity contribution >= 4 is 11.9 Å². The number of hydrazine groups is 1. The van der Waals surface area contributed by atoms with Crippen molar-refractivity contribution in [1.82, 2.24) is 0 Å².